The van der Waals surface area contributed by atoms with Gasteiger partial charge in [-0.2, -0.15) is 0 Å². The van der Waals surface area contributed by atoms with E-state index in [0.717, 1.165) is 0 Å². The van der Waals surface area contributed by atoms with Crippen LogP contribution in [0.25, 0.3) is 0 Å². The summed E-state index contributed by atoms with van der Waals surface area (Å²) < 4.78 is 1.23. The van der Waals surface area contributed by atoms with Gasteiger partial charge in [0.15, 0.2) is 0 Å². The SMILES string of the molecule is CC(C)c1ncnc(C(C)C)c1I. The number of nitrogens with zero attached hydrogens (tertiary/aromatic N) is 2. The molecule has 0 aliphatic rings. The highest BCUT2D eigenvalue weighted by Crippen LogP contribution is 2.24. The zero-order valence-corrected chi connectivity index (χ0v) is 10.7. The van der Waals surface area contributed by atoms with Crippen LogP contribution in [0.4, 0.5) is 0 Å². The van der Waals surface area contributed by atoms with Crippen LogP contribution in [0.2, 0.25) is 0 Å². The van der Waals surface area contributed by atoms with Gasteiger partial charge in [-0.3, -0.25) is 0 Å². The van der Waals surface area contributed by atoms with Crippen LogP contribution in [0.1, 0.15) is 50.9 Å². The fraction of sp³-hybridized carbons (Fsp3) is 0.600. The fourth-order valence-corrected chi connectivity index (χ4v) is 2.73. The monoisotopic (exact) mass is 290 g/mol. The van der Waals surface area contributed by atoms with Gasteiger partial charge in [0.05, 0.1) is 15.0 Å². The molecule has 0 aliphatic carbocycles. The number of aromatic nitrogens is 2. The van der Waals surface area contributed by atoms with Crippen LogP contribution >= 0.6 is 22.6 Å². The van der Waals surface area contributed by atoms with Crippen LogP contribution in [0.5, 0.6) is 0 Å². The number of rotatable bonds is 2. The Labute approximate surface area is 93.3 Å². The van der Waals surface area contributed by atoms with E-state index in [4.69, 9.17) is 0 Å². The third-order valence-electron chi connectivity index (χ3n) is 1.94. The molecule has 0 saturated heterocycles. The highest BCUT2D eigenvalue weighted by molar-refractivity contribution is 14.1. The zero-order valence-electron chi connectivity index (χ0n) is 8.50. The maximum Gasteiger partial charge on any atom is 0.116 e. The molecule has 0 spiro atoms. The van der Waals surface area contributed by atoms with Gasteiger partial charge in [-0.15, -0.1) is 0 Å². The second kappa shape index (κ2) is 4.35. The van der Waals surface area contributed by atoms with Crippen LogP contribution in [-0.2, 0) is 0 Å². The molecule has 72 valence electrons. The Kier molecular flexibility index (Phi) is 3.64. The van der Waals surface area contributed by atoms with Gasteiger partial charge in [0.2, 0.25) is 0 Å². The maximum absolute atomic E-state index is 4.30. The lowest BCUT2D eigenvalue weighted by molar-refractivity contribution is 0.754. The predicted octanol–water partition coefficient (Wildman–Crippen LogP) is 3.33. The number of hydrogen-bond donors (Lipinski definition) is 0. The summed E-state index contributed by atoms with van der Waals surface area (Å²) in [5, 5.41) is 0. The molecule has 0 unspecified atom stereocenters. The van der Waals surface area contributed by atoms with Crippen molar-refractivity contribution in [2.75, 3.05) is 0 Å². The lowest BCUT2D eigenvalue weighted by atomic mass is 10.1. The number of halogens is 1. The third-order valence-corrected chi connectivity index (χ3v) is 3.04. The minimum Gasteiger partial charge on any atom is -0.240 e. The van der Waals surface area contributed by atoms with Crippen molar-refractivity contribution in [1.82, 2.24) is 9.97 Å². The fourth-order valence-electron chi connectivity index (χ4n) is 1.20. The quantitative estimate of drug-likeness (QED) is 0.781. The van der Waals surface area contributed by atoms with Gasteiger partial charge < -0.3 is 0 Å². The first-order valence-electron chi connectivity index (χ1n) is 4.54. The number of hydrogen-bond acceptors (Lipinski definition) is 2. The topological polar surface area (TPSA) is 25.8 Å². The standard InChI is InChI=1S/C10H15IN2/c1-6(2)9-8(11)10(7(3)4)13-5-12-9/h5-7H,1-4H3. The zero-order chi connectivity index (χ0) is 10.0. The Hall–Kier alpha value is -0.190. The van der Waals surface area contributed by atoms with E-state index in [1.165, 1.54) is 15.0 Å². The van der Waals surface area contributed by atoms with Crippen molar-refractivity contribution in [3.8, 4) is 0 Å². The van der Waals surface area contributed by atoms with E-state index in [1.807, 2.05) is 0 Å². The van der Waals surface area contributed by atoms with Crippen molar-refractivity contribution in [2.24, 2.45) is 0 Å². The second-order valence-electron chi connectivity index (χ2n) is 3.77. The van der Waals surface area contributed by atoms with Gasteiger partial charge in [-0.05, 0) is 34.4 Å². The Morgan fingerprint density at radius 2 is 1.38 bits per heavy atom. The van der Waals surface area contributed by atoms with E-state index in [-0.39, 0.29) is 0 Å². The average molecular weight is 290 g/mol. The molecule has 0 bridgehead atoms. The molecule has 0 saturated carbocycles. The summed E-state index contributed by atoms with van der Waals surface area (Å²) in [6.07, 6.45) is 1.67. The molecule has 0 fully saturated rings. The summed E-state index contributed by atoms with van der Waals surface area (Å²) in [5.74, 6) is 0.958. The van der Waals surface area contributed by atoms with Gasteiger partial charge in [-0.1, -0.05) is 27.7 Å². The average Bonchev–Trinajstić information content (AvgIpc) is 2.03. The minimum atomic E-state index is 0.479. The van der Waals surface area contributed by atoms with E-state index < -0.39 is 0 Å². The molecule has 0 amide bonds. The van der Waals surface area contributed by atoms with Crippen molar-refractivity contribution >= 4 is 22.6 Å². The molecule has 1 aromatic rings. The summed E-state index contributed by atoms with van der Waals surface area (Å²) in [6, 6.07) is 0. The Bertz CT molecular complexity index is 269. The summed E-state index contributed by atoms with van der Waals surface area (Å²) >= 11 is 2.35. The Balaban J connectivity index is 3.18. The van der Waals surface area contributed by atoms with E-state index >= 15 is 0 Å². The van der Waals surface area contributed by atoms with Crippen LogP contribution in [0.3, 0.4) is 0 Å². The molecule has 0 radical (unpaired) electrons. The highest BCUT2D eigenvalue weighted by atomic mass is 127. The van der Waals surface area contributed by atoms with Crippen LogP contribution < -0.4 is 0 Å². The molecular formula is C10H15IN2. The minimum absolute atomic E-state index is 0.479. The van der Waals surface area contributed by atoms with Crippen molar-refractivity contribution in [3.63, 3.8) is 0 Å². The largest absolute Gasteiger partial charge is 0.240 e. The van der Waals surface area contributed by atoms with Gasteiger partial charge in [0.1, 0.15) is 6.33 Å². The lowest BCUT2D eigenvalue weighted by Crippen LogP contribution is -2.04. The normalized spacial score (nSPS) is 11.3. The summed E-state index contributed by atoms with van der Waals surface area (Å²) in [5.41, 5.74) is 2.33. The van der Waals surface area contributed by atoms with Gasteiger partial charge in [0.25, 0.3) is 0 Å². The molecule has 0 N–H and O–H groups in total. The summed E-state index contributed by atoms with van der Waals surface area (Å²) in [4.78, 5) is 8.60. The van der Waals surface area contributed by atoms with E-state index in [9.17, 15) is 0 Å². The molecule has 0 aromatic carbocycles. The molecule has 1 heterocycles. The van der Waals surface area contributed by atoms with Crippen LogP contribution in [0, 0.1) is 3.57 Å². The second-order valence-corrected chi connectivity index (χ2v) is 4.85. The molecule has 1 aromatic heterocycles. The van der Waals surface area contributed by atoms with E-state index in [0.29, 0.717) is 11.8 Å². The third kappa shape index (κ3) is 2.39. The van der Waals surface area contributed by atoms with E-state index in [2.05, 4.69) is 60.3 Å². The Morgan fingerprint density at radius 3 is 1.69 bits per heavy atom. The van der Waals surface area contributed by atoms with Crippen LogP contribution in [0.15, 0.2) is 6.33 Å². The molecule has 0 atom stereocenters. The smallest absolute Gasteiger partial charge is 0.116 e. The van der Waals surface area contributed by atoms with Crippen molar-refractivity contribution in [3.05, 3.63) is 21.3 Å². The molecule has 2 nitrogen and oxygen atoms in total. The van der Waals surface area contributed by atoms with Crippen molar-refractivity contribution in [1.29, 1.82) is 0 Å². The first-order valence-corrected chi connectivity index (χ1v) is 5.62. The maximum atomic E-state index is 4.30. The summed E-state index contributed by atoms with van der Waals surface area (Å²) in [6.45, 7) is 8.65. The van der Waals surface area contributed by atoms with Crippen LogP contribution in [-0.4, -0.2) is 9.97 Å². The Morgan fingerprint density at radius 1 is 1.00 bits per heavy atom. The molecular weight excluding hydrogens is 275 g/mol. The van der Waals surface area contributed by atoms with Gasteiger partial charge in [0, 0.05) is 0 Å². The van der Waals surface area contributed by atoms with E-state index in [1.54, 1.807) is 6.33 Å². The molecule has 0 aliphatic heterocycles. The molecule has 13 heavy (non-hydrogen) atoms. The summed E-state index contributed by atoms with van der Waals surface area (Å²) in [7, 11) is 0. The highest BCUT2D eigenvalue weighted by Gasteiger charge is 2.13. The molecule has 3 heteroatoms. The van der Waals surface area contributed by atoms with Crippen molar-refractivity contribution < 1.29 is 0 Å². The first kappa shape index (κ1) is 10.9. The lowest BCUT2D eigenvalue weighted by Gasteiger charge is -2.12. The predicted molar refractivity (Wildman–Crippen MR) is 62.9 cm³/mol. The van der Waals surface area contributed by atoms with Crippen molar-refractivity contribution in [2.45, 2.75) is 39.5 Å². The van der Waals surface area contributed by atoms with Gasteiger partial charge in [-0.25, -0.2) is 9.97 Å². The molecule has 1 rings (SSSR count). The first-order chi connectivity index (χ1) is 6.04. The van der Waals surface area contributed by atoms with Gasteiger partial charge >= 0.3 is 0 Å².